The summed E-state index contributed by atoms with van der Waals surface area (Å²) in [5.41, 5.74) is 7.29. The number of aryl methyl sites for hydroxylation is 1. The van der Waals surface area contributed by atoms with Crippen molar-refractivity contribution < 1.29 is 4.79 Å². The van der Waals surface area contributed by atoms with Crippen LogP contribution in [-0.4, -0.2) is 16.6 Å². The first-order valence-electron chi connectivity index (χ1n) is 8.19. The Bertz CT molecular complexity index is 875. The van der Waals surface area contributed by atoms with Crippen molar-refractivity contribution in [2.75, 3.05) is 0 Å². The number of aromatic nitrogens is 1. The number of nitrogens with one attached hydrogen (secondary N) is 2. The van der Waals surface area contributed by atoms with Gasteiger partial charge in [-0.05, 0) is 30.5 Å². The molecule has 0 spiro atoms. The minimum absolute atomic E-state index is 0.214. The van der Waals surface area contributed by atoms with Gasteiger partial charge in [-0.15, -0.1) is 0 Å². The van der Waals surface area contributed by atoms with Crippen LogP contribution in [0.4, 0.5) is 0 Å². The summed E-state index contributed by atoms with van der Waals surface area (Å²) >= 11 is 0. The topological polar surface area (TPSA) is 57.2 Å². The van der Waals surface area contributed by atoms with Crippen LogP contribution in [0.25, 0.3) is 10.9 Å². The van der Waals surface area contributed by atoms with E-state index in [1.807, 2.05) is 43.3 Å². The predicted molar refractivity (Wildman–Crippen MR) is 98.4 cm³/mol. The van der Waals surface area contributed by atoms with Crippen molar-refractivity contribution in [2.45, 2.75) is 26.7 Å². The number of carbonyl (C=O) groups is 1. The normalized spacial score (nSPS) is 11.7. The van der Waals surface area contributed by atoms with Crippen LogP contribution in [0.3, 0.4) is 0 Å². The molecule has 3 aromatic rings. The van der Waals surface area contributed by atoms with Gasteiger partial charge >= 0.3 is 0 Å². The zero-order valence-electron chi connectivity index (χ0n) is 14.0. The SMILES string of the molecule is CCCc1ccc(C(C)=NNC(=O)c2c[nH]c3ccccc23)cc1. The van der Waals surface area contributed by atoms with Crippen LogP contribution >= 0.6 is 0 Å². The average molecular weight is 319 g/mol. The van der Waals surface area contributed by atoms with Crippen LogP contribution < -0.4 is 5.43 Å². The van der Waals surface area contributed by atoms with Gasteiger partial charge in [0.05, 0.1) is 11.3 Å². The zero-order valence-corrected chi connectivity index (χ0v) is 14.0. The highest BCUT2D eigenvalue weighted by atomic mass is 16.2. The number of hydrogen-bond donors (Lipinski definition) is 2. The zero-order chi connectivity index (χ0) is 16.9. The lowest BCUT2D eigenvalue weighted by Gasteiger charge is -2.04. The van der Waals surface area contributed by atoms with Gasteiger partial charge in [-0.2, -0.15) is 5.10 Å². The second kappa shape index (κ2) is 7.13. The van der Waals surface area contributed by atoms with Gasteiger partial charge < -0.3 is 4.98 Å². The predicted octanol–water partition coefficient (Wildman–Crippen LogP) is 4.27. The van der Waals surface area contributed by atoms with Gasteiger partial charge in [-0.25, -0.2) is 5.43 Å². The molecule has 1 heterocycles. The lowest BCUT2D eigenvalue weighted by molar-refractivity contribution is 0.0956. The van der Waals surface area contributed by atoms with Crippen LogP contribution in [0.5, 0.6) is 0 Å². The smallest absolute Gasteiger partial charge is 0.273 e. The number of rotatable bonds is 5. The molecule has 0 aliphatic heterocycles. The van der Waals surface area contributed by atoms with Crippen LogP contribution in [0.15, 0.2) is 59.8 Å². The van der Waals surface area contributed by atoms with Crippen LogP contribution in [0.1, 0.15) is 41.8 Å². The first-order chi connectivity index (χ1) is 11.7. The molecule has 122 valence electrons. The highest BCUT2D eigenvalue weighted by Crippen LogP contribution is 2.17. The number of nitrogens with zero attached hydrogens (tertiary/aromatic N) is 1. The van der Waals surface area contributed by atoms with Gasteiger partial charge in [0, 0.05) is 17.1 Å². The number of hydrogen-bond acceptors (Lipinski definition) is 2. The summed E-state index contributed by atoms with van der Waals surface area (Å²) in [5, 5.41) is 5.13. The molecule has 0 radical (unpaired) electrons. The van der Waals surface area contributed by atoms with E-state index in [1.54, 1.807) is 6.20 Å². The molecule has 0 unspecified atom stereocenters. The van der Waals surface area contributed by atoms with Crippen molar-refractivity contribution in [3.63, 3.8) is 0 Å². The summed E-state index contributed by atoms with van der Waals surface area (Å²) in [6.07, 6.45) is 3.92. The Kier molecular flexibility index (Phi) is 4.75. The summed E-state index contributed by atoms with van der Waals surface area (Å²) in [6.45, 7) is 4.06. The number of benzene rings is 2. The molecule has 0 aliphatic rings. The minimum Gasteiger partial charge on any atom is -0.360 e. The summed E-state index contributed by atoms with van der Waals surface area (Å²) in [7, 11) is 0. The molecule has 1 amide bonds. The van der Waals surface area contributed by atoms with Crippen LogP contribution in [0.2, 0.25) is 0 Å². The Morgan fingerprint density at radius 2 is 1.88 bits per heavy atom. The maximum Gasteiger partial charge on any atom is 0.273 e. The number of fused-ring (bicyclic) bond motifs is 1. The Morgan fingerprint density at radius 3 is 2.62 bits per heavy atom. The van der Waals surface area contributed by atoms with E-state index >= 15 is 0 Å². The molecular formula is C20H21N3O. The summed E-state index contributed by atoms with van der Waals surface area (Å²) in [6, 6.07) is 16.0. The first kappa shape index (κ1) is 16.0. The Morgan fingerprint density at radius 1 is 1.12 bits per heavy atom. The molecule has 0 bridgehead atoms. The van der Waals surface area contributed by atoms with Gasteiger partial charge in [-0.1, -0.05) is 55.8 Å². The van der Waals surface area contributed by atoms with Gasteiger partial charge in [0.15, 0.2) is 0 Å². The quantitative estimate of drug-likeness (QED) is 0.535. The lowest BCUT2D eigenvalue weighted by Crippen LogP contribution is -2.19. The fourth-order valence-electron chi connectivity index (χ4n) is 2.72. The molecular weight excluding hydrogens is 298 g/mol. The van der Waals surface area contributed by atoms with E-state index in [-0.39, 0.29) is 5.91 Å². The molecule has 2 N–H and O–H groups in total. The second-order valence-electron chi connectivity index (χ2n) is 5.83. The number of amides is 1. The molecule has 0 fully saturated rings. The van der Waals surface area contributed by atoms with E-state index in [0.29, 0.717) is 5.56 Å². The van der Waals surface area contributed by atoms with Crippen molar-refractivity contribution in [3.8, 4) is 0 Å². The van der Waals surface area contributed by atoms with Gasteiger partial charge in [-0.3, -0.25) is 4.79 Å². The third-order valence-electron chi connectivity index (χ3n) is 4.07. The number of H-pyrrole nitrogens is 1. The summed E-state index contributed by atoms with van der Waals surface area (Å²) in [5.74, 6) is -0.214. The molecule has 0 saturated carbocycles. The van der Waals surface area contributed by atoms with E-state index in [4.69, 9.17) is 0 Å². The second-order valence-corrected chi connectivity index (χ2v) is 5.83. The molecule has 1 aromatic heterocycles. The molecule has 0 saturated heterocycles. The number of hydrazone groups is 1. The van der Waals surface area contributed by atoms with Crippen molar-refractivity contribution in [1.82, 2.24) is 10.4 Å². The third-order valence-corrected chi connectivity index (χ3v) is 4.07. The van der Waals surface area contributed by atoms with E-state index in [2.05, 4.69) is 34.6 Å². The van der Waals surface area contributed by atoms with E-state index < -0.39 is 0 Å². The van der Waals surface area contributed by atoms with E-state index in [0.717, 1.165) is 35.0 Å². The Balaban J connectivity index is 1.73. The van der Waals surface area contributed by atoms with Gasteiger partial charge in [0.1, 0.15) is 0 Å². The van der Waals surface area contributed by atoms with E-state index in [1.165, 1.54) is 5.56 Å². The highest BCUT2D eigenvalue weighted by Gasteiger charge is 2.11. The summed E-state index contributed by atoms with van der Waals surface area (Å²) in [4.78, 5) is 15.5. The number of aromatic amines is 1. The Labute approximate surface area is 141 Å². The number of carbonyl (C=O) groups excluding carboxylic acids is 1. The minimum atomic E-state index is -0.214. The maximum atomic E-state index is 12.4. The summed E-state index contributed by atoms with van der Waals surface area (Å²) < 4.78 is 0. The molecule has 0 aliphatic carbocycles. The molecule has 24 heavy (non-hydrogen) atoms. The standard InChI is InChI=1S/C20H21N3O/c1-3-6-15-9-11-16(12-10-15)14(2)22-23-20(24)18-13-21-19-8-5-4-7-17(18)19/h4-5,7-13,21H,3,6H2,1-2H3,(H,23,24). The number of para-hydroxylation sites is 1. The maximum absolute atomic E-state index is 12.4. The third kappa shape index (κ3) is 3.38. The highest BCUT2D eigenvalue weighted by molar-refractivity contribution is 6.07. The molecule has 2 aromatic carbocycles. The first-order valence-corrected chi connectivity index (χ1v) is 8.19. The lowest BCUT2D eigenvalue weighted by atomic mass is 10.1. The monoisotopic (exact) mass is 319 g/mol. The Hall–Kier alpha value is -2.88. The fraction of sp³-hybridized carbons (Fsp3) is 0.200. The largest absolute Gasteiger partial charge is 0.360 e. The molecule has 4 heteroatoms. The van der Waals surface area contributed by atoms with Gasteiger partial charge in [0.2, 0.25) is 0 Å². The molecule has 4 nitrogen and oxygen atoms in total. The van der Waals surface area contributed by atoms with Crippen molar-refractivity contribution >= 4 is 22.5 Å². The average Bonchev–Trinajstić information content (AvgIpc) is 3.04. The van der Waals surface area contributed by atoms with Crippen LogP contribution in [-0.2, 0) is 6.42 Å². The van der Waals surface area contributed by atoms with Crippen molar-refractivity contribution in [1.29, 1.82) is 0 Å². The van der Waals surface area contributed by atoms with Gasteiger partial charge in [0.25, 0.3) is 5.91 Å². The molecule has 3 rings (SSSR count). The fourth-order valence-corrected chi connectivity index (χ4v) is 2.72. The molecule has 0 atom stereocenters. The van der Waals surface area contributed by atoms with Crippen molar-refractivity contribution in [3.05, 3.63) is 71.4 Å². The van der Waals surface area contributed by atoms with Crippen LogP contribution in [0, 0.1) is 0 Å². The van der Waals surface area contributed by atoms with E-state index in [9.17, 15) is 4.79 Å². The van der Waals surface area contributed by atoms with Crippen molar-refractivity contribution in [2.24, 2.45) is 5.10 Å².